The second-order valence-corrected chi connectivity index (χ2v) is 3.39. The fraction of sp³-hybridized carbons (Fsp3) is 0.875. The average Bonchev–Trinajstić information content (AvgIpc) is 2.52. The van der Waals surface area contributed by atoms with Crippen molar-refractivity contribution in [3.05, 3.63) is 0 Å². The minimum Gasteiger partial charge on any atom is -0.474 e. The Morgan fingerprint density at radius 3 is 3.00 bits per heavy atom. The molecule has 0 saturated carbocycles. The maximum absolute atomic E-state index is 4.91. The second kappa shape index (κ2) is 4.62. The summed E-state index contributed by atoms with van der Waals surface area (Å²) >= 11 is 4.91. The maximum atomic E-state index is 4.91. The van der Waals surface area contributed by atoms with E-state index in [0.29, 0.717) is 11.2 Å². The first-order valence-corrected chi connectivity index (χ1v) is 4.74. The minimum atomic E-state index is 0.484. The van der Waals surface area contributed by atoms with Crippen LogP contribution < -0.4 is 5.32 Å². The van der Waals surface area contributed by atoms with Crippen molar-refractivity contribution < 1.29 is 4.74 Å². The Hall–Kier alpha value is -0.350. The molecule has 0 bridgehead atoms. The normalized spacial score (nSPS) is 24.0. The molecule has 0 aromatic carbocycles. The van der Waals surface area contributed by atoms with Crippen LogP contribution in [0.5, 0.6) is 0 Å². The zero-order valence-corrected chi connectivity index (χ0v) is 8.49. The lowest BCUT2D eigenvalue weighted by atomic mass is 10.3. The SMILES string of the molecule is CCN1CC[C@H](NC(=S)OC)C1. The summed E-state index contributed by atoms with van der Waals surface area (Å²) in [6.45, 7) is 5.55. The largest absolute Gasteiger partial charge is 0.474 e. The van der Waals surface area contributed by atoms with E-state index in [-0.39, 0.29) is 0 Å². The highest BCUT2D eigenvalue weighted by Gasteiger charge is 2.21. The van der Waals surface area contributed by atoms with Crippen LogP contribution in [0.2, 0.25) is 0 Å². The summed E-state index contributed by atoms with van der Waals surface area (Å²) in [5.74, 6) is 0. The molecule has 1 aliphatic heterocycles. The Labute approximate surface area is 79.1 Å². The number of nitrogens with one attached hydrogen (secondary N) is 1. The molecule has 1 rings (SSSR count). The number of hydrogen-bond donors (Lipinski definition) is 1. The number of ether oxygens (including phenoxy) is 1. The van der Waals surface area contributed by atoms with Crippen molar-refractivity contribution in [2.24, 2.45) is 0 Å². The quantitative estimate of drug-likeness (QED) is 0.641. The molecule has 1 aliphatic rings. The molecule has 0 aromatic rings. The fourth-order valence-electron chi connectivity index (χ4n) is 1.46. The van der Waals surface area contributed by atoms with Gasteiger partial charge in [0.25, 0.3) is 5.17 Å². The van der Waals surface area contributed by atoms with Gasteiger partial charge in [-0.1, -0.05) is 6.92 Å². The predicted octanol–water partition coefficient (Wildman–Crippen LogP) is 0.601. The van der Waals surface area contributed by atoms with Crippen LogP contribution in [0.3, 0.4) is 0 Å². The zero-order chi connectivity index (χ0) is 8.97. The molecule has 1 fully saturated rings. The Kier molecular flexibility index (Phi) is 3.75. The highest BCUT2D eigenvalue weighted by molar-refractivity contribution is 7.80. The molecule has 1 N–H and O–H groups in total. The molecule has 1 saturated heterocycles. The van der Waals surface area contributed by atoms with Crippen molar-refractivity contribution in [1.29, 1.82) is 0 Å². The van der Waals surface area contributed by atoms with Crippen LogP contribution in [0.15, 0.2) is 0 Å². The van der Waals surface area contributed by atoms with Gasteiger partial charge in [0.15, 0.2) is 0 Å². The van der Waals surface area contributed by atoms with Crippen LogP contribution in [0.1, 0.15) is 13.3 Å². The number of likely N-dealkylation sites (N-methyl/N-ethyl adjacent to an activating group) is 1. The van der Waals surface area contributed by atoms with Crippen LogP contribution in [0.25, 0.3) is 0 Å². The monoisotopic (exact) mass is 188 g/mol. The number of likely N-dealkylation sites (tertiary alicyclic amines) is 1. The molecular formula is C8H16N2OS. The Morgan fingerprint density at radius 2 is 2.50 bits per heavy atom. The number of hydrogen-bond acceptors (Lipinski definition) is 3. The van der Waals surface area contributed by atoms with Gasteiger partial charge in [0, 0.05) is 19.1 Å². The molecule has 0 unspecified atom stereocenters. The molecule has 0 radical (unpaired) electrons. The van der Waals surface area contributed by atoms with Crippen molar-refractivity contribution in [2.45, 2.75) is 19.4 Å². The molecule has 4 heteroatoms. The third kappa shape index (κ3) is 2.60. The van der Waals surface area contributed by atoms with Gasteiger partial charge >= 0.3 is 0 Å². The number of rotatable bonds is 2. The van der Waals surface area contributed by atoms with E-state index in [4.69, 9.17) is 17.0 Å². The average molecular weight is 188 g/mol. The van der Waals surface area contributed by atoms with Gasteiger partial charge in [-0.2, -0.15) is 0 Å². The van der Waals surface area contributed by atoms with E-state index in [2.05, 4.69) is 17.1 Å². The van der Waals surface area contributed by atoms with Gasteiger partial charge in [-0.15, -0.1) is 0 Å². The fourth-order valence-corrected chi connectivity index (χ4v) is 1.63. The predicted molar refractivity (Wildman–Crippen MR) is 53.3 cm³/mol. The highest BCUT2D eigenvalue weighted by atomic mass is 32.1. The standard InChI is InChI=1S/C8H16N2OS/c1-3-10-5-4-7(6-10)9-8(12)11-2/h7H,3-6H2,1-2H3,(H,9,12)/t7-/m0/s1. The van der Waals surface area contributed by atoms with Gasteiger partial charge < -0.3 is 15.0 Å². The lowest BCUT2D eigenvalue weighted by Gasteiger charge is -2.14. The molecule has 0 aromatic heterocycles. The Balaban J connectivity index is 2.23. The summed E-state index contributed by atoms with van der Waals surface area (Å²) in [4.78, 5) is 2.40. The lowest BCUT2D eigenvalue weighted by molar-refractivity contribution is 0.343. The molecule has 0 amide bonds. The summed E-state index contributed by atoms with van der Waals surface area (Å²) in [7, 11) is 1.60. The molecule has 12 heavy (non-hydrogen) atoms. The Bertz CT molecular complexity index is 163. The number of methoxy groups -OCH3 is 1. The van der Waals surface area contributed by atoms with Crippen LogP contribution in [0, 0.1) is 0 Å². The third-order valence-electron chi connectivity index (χ3n) is 2.23. The van der Waals surface area contributed by atoms with Crippen molar-refractivity contribution >= 4 is 17.4 Å². The van der Waals surface area contributed by atoms with E-state index in [9.17, 15) is 0 Å². The molecule has 0 spiro atoms. The van der Waals surface area contributed by atoms with Gasteiger partial charge in [0.2, 0.25) is 0 Å². The van der Waals surface area contributed by atoms with Crippen molar-refractivity contribution in [3.63, 3.8) is 0 Å². The van der Waals surface area contributed by atoms with Crippen LogP contribution >= 0.6 is 12.2 Å². The smallest absolute Gasteiger partial charge is 0.256 e. The van der Waals surface area contributed by atoms with Crippen molar-refractivity contribution in [3.8, 4) is 0 Å². The highest BCUT2D eigenvalue weighted by Crippen LogP contribution is 2.07. The first-order chi connectivity index (χ1) is 5.76. The van der Waals surface area contributed by atoms with Gasteiger partial charge in [-0.3, -0.25) is 0 Å². The number of thiocarbonyl (C=S) groups is 1. The van der Waals surface area contributed by atoms with E-state index < -0.39 is 0 Å². The van der Waals surface area contributed by atoms with Gasteiger partial charge in [0.05, 0.1) is 7.11 Å². The van der Waals surface area contributed by atoms with Gasteiger partial charge in [0.1, 0.15) is 0 Å². The van der Waals surface area contributed by atoms with E-state index in [0.717, 1.165) is 19.5 Å². The summed E-state index contributed by atoms with van der Waals surface area (Å²) in [5.41, 5.74) is 0. The van der Waals surface area contributed by atoms with Crippen LogP contribution in [-0.2, 0) is 4.74 Å². The summed E-state index contributed by atoms with van der Waals surface area (Å²) < 4.78 is 4.88. The lowest BCUT2D eigenvalue weighted by Crippen LogP contribution is -2.36. The zero-order valence-electron chi connectivity index (χ0n) is 7.67. The number of nitrogens with zero attached hydrogens (tertiary/aromatic N) is 1. The summed E-state index contributed by atoms with van der Waals surface area (Å²) in [6.07, 6.45) is 1.16. The van der Waals surface area contributed by atoms with E-state index >= 15 is 0 Å². The van der Waals surface area contributed by atoms with Crippen LogP contribution in [-0.4, -0.2) is 42.9 Å². The van der Waals surface area contributed by atoms with E-state index in [1.165, 1.54) is 6.54 Å². The van der Waals surface area contributed by atoms with Crippen molar-refractivity contribution in [2.75, 3.05) is 26.7 Å². The first-order valence-electron chi connectivity index (χ1n) is 4.33. The third-order valence-corrected chi connectivity index (χ3v) is 2.51. The summed E-state index contributed by atoms with van der Waals surface area (Å²) in [5, 5.41) is 3.67. The Morgan fingerprint density at radius 1 is 1.75 bits per heavy atom. The van der Waals surface area contributed by atoms with Crippen LogP contribution in [0.4, 0.5) is 0 Å². The van der Waals surface area contributed by atoms with E-state index in [1.807, 2.05) is 0 Å². The molecule has 3 nitrogen and oxygen atoms in total. The topological polar surface area (TPSA) is 24.5 Å². The van der Waals surface area contributed by atoms with Crippen molar-refractivity contribution in [1.82, 2.24) is 10.2 Å². The molecule has 0 aliphatic carbocycles. The minimum absolute atomic E-state index is 0.484. The molecule has 70 valence electrons. The maximum Gasteiger partial charge on any atom is 0.256 e. The van der Waals surface area contributed by atoms with Gasteiger partial charge in [-0.25, -0.2) is 0 Å². The van der Waals surface area contributed by atoms with E-state index in [1.54, 1.807) is 7.11 Å². The second-order valence-electron chi connectivity index (χ2n) is 3.01. The molecule has 1 atom stereocenters. The van der Waals surface area contributed by atoms with Gasteiger partial charge in [-0.05, 0) is 25.2 Å². The molecular weight excluding hydrogens is 172 g/mol. The molecule has 1 heterocycles. The summed E-state index contributed by atoms with van der Waals surface area (Å²) in [6, 6.07) is 0.484. The first kappa shape index (κ1) is 9.74.